The highest BCUT2D eigenvalue weighted by molar-refractivity contribution is 9.10. The largest absolute Gasteiger partial charge is 0.393 e. The van der Waals surface area contributed by atoms with Crippen molar-refractivity contribution in [2.24, 2.45) is 5.92 Å². The Morgan fingerprint density at radius 1 is 1.28 bits per heavy atom. The summed E-state index contributed by atoms with van der Waals surface area (Å²) in [5.74, 6) is 0.755. The van der Waals surface area contributed by atoms with Gasteiger partial charge in [-0.1, -0.05) is 28.1 Å². The summed E-state index contributed by atoms with van der Waals surface area (Å²) in [5, 5.41) is 9.51. The SMILES string of the molecule is CN(Cc1cccc(Br)c1)CC1CCC(O)CC1. The Labute approximate surface area is 118 Å². The zero-order valence-corrected chi connectivity index (χ0v) is 12.6. The number of hydrogen-bond donors (Lipinski definition) is 1. The molecule has 1 aromatic carbocycles. The molecular weight excluding hydrogens is 290 g/mol. The highest BCUT2D eigenvalue weighted by Gasteiger charge is 2.20. The molecule has 100 valence electrons. The number of aliphatic hydroxyl groups excluding tert-OH is 1. The topological polar surface area (TPSA) is 23.5 Å². The monoisotopic (exact) mass is 311 g/mol. The van der Waals surface area contributed by atoms with Crippen LogP contribution in [0.4, 0.5) is 0 Å². The minimum absolute atomic E-state index is 0.0448. The van der Waals surface area contributed by atoms with E-state index in [2.05, 4.69) is 52.1 Å². The van der Waals surface area contributed by atoms with Gasteiger partial charge in [-0.05, 0) is 56.3 Å². The summed E-state index contributed by atoms with van der Waals surface area (Å²) in [7, 11) is 2.19. The summed E-state index contributed by atoms with van der Waals surface area (Å²) in [5.41, 5.74) is 1.35. The van der Waals surface area contributed by atoms with Crippen LogP contribution in [0, 0.1) is 5.92 Å². The van der Waals surface area contributed by atoms with Gasteiger partial charge in [0, 0.05) is 17.6 Å². The van der Waals surface area contributed by atoms with E-state index in [0.29, 0.717) is 0 Å². The summed E-state index contributed by atoms with van der Waals surface area (Å²) in [6.45, 7) is 2.14. The van der Waals surface area contributed by atoms with Crippen molar-refractivity contribution in [3.05, 3.63) is 34.3 Å². The van der Waals surface area contributed by atoms with Gasteiger partial charge in [0.05, 0.1) is 6.10 Å². The molecule has 2 nitrogen and oxygen atoms in total. The van der Waals surface area contributed by atoms with Crippen LogP contribution >= 0.6 is 15.9 Å². The van der Waals surface area contributed by atoms with Crippen molar-refractivity contribution in [2.75, 3.05) is 13.6 Å². The highest BCUT2D eigenvalue weighted by Crippen LogP contribution is 2.25. The Morgan fingerprint density at radius 3 is 2.67 bits per heavy atom. The van der Waals surface area contributed by atoms with Gasteiger partial charge in [-0.2, -0.15) is 0 Å². The maximum absolute atomic E-state index is 9.51. The molecule has 1 aromatic rings. The summed E-state index contributed by atoms with van der Waals surface area (Å²) < 4.78 is 1.15. The number of benzene rings is 1. The Balaban J connectivity index is 1.80. The van der Waals surface area contributed by atoms with Gasteiger partial charge in [0.1, 0.15) is 0 Å². The van der Waals surface area contributed by atoms with Crippen LogP contribution in [0.1, 0.15) is 31.2 Å². The molecule has 0 aliphatic heterocycles. The van der Waals surface area contributed by atoms with E-state index < -0.39 is 0 Å². The molecule has 18 heavy (non-hydrogen) atoms. The van der Waals surface area contributed by atoms with Crippen molar-refractivity contribution >= 4 is 15.9 Å². The van der Waals surface area contributed by atoms with Crippen LogP contribution in [0.3, 0.4) is 0 Å². The third kappa shape index (κ3) is 4.38. The van der Waals surface area contributed by atoms with E-state index in [0.717, 1.165) is 36.3 Å². The number of halogens is 1. The lowest BCUT2D eigenvalue weighted by Crippen LogP contribution is -2.29. The van der Waals surface area contributed by atoms with Crippen LogP contribution in [0.25, 0.3) is 0 Å². The predicted octanol–water partition coefficient (Wildman–Crippen LogP) is 3.43. The molecule has 1 fully saturated rings. The van der Waals surface area contributed by atoms with Crippen molar-refractivity contribution in [1.82, 2.24) is 4.90 Å². The fourth-order valence-electron chi connectivity index (χ4n) is 2.78. The van der Waals surface area contributed by atoms with E-state index in [-0.39, 0.29) is 6.10 Å². The Hall–Kier alpha value is -0.380. The van der Waals surface area contributed by atoms with Crippen LogP contribution < -0.4 is 0 Å². The second kappa shape index (κ2) is 6.69. The molecule has 0 atom stereocenters. The van der Waals surface area contributed by atoms with Gasteiger partial charge in [-0.3, -0.25) is 0 Å². The zero-order valence-electron chi connectivity index (χ0n) is 11.0. The molecule has 0 aromatic heterocycles. The quantitative estimate of drug-likeness (QED) is 0.921. The van der Waals surface area contributed by atoms with Crippen molar-refractivity contribution in [2.45, 2.75) is 38.3 Å². The van der Waals surface area contributed by atoms with E-state index in [9.17, 15) is 5.11 Å². The summed E-state index contributed by atoms with van der Waals surface area (Å²) in [6, 6.07) is 8.50. The van der Waals surface area contributed by atoms with Crippen LogP contribution in [0.15, 0.2) is 28.7 Å². The van der Waals surface area contributed by atoms with Gasteiger partial charge >= 0.3 is 0 Å². The first kappa shape index (κ1) is 14.0. The van der Waals surface area contributed by atoms with Crippen molar-refractivity contribution in [3.8, 4) is 0 Å². The minimum Gasteiger partial charge on any atom is -0.393 e. The number of rotatable bonds is 4. The minimum atomic E-state index is -0.0448. The Bertz CT molecular complexity index is 375. The van der Waals surface area contributed by atoms with Gasteiger partial charge in [0.2, 0.25) is 0 Å². The number of nitrogens with zero attached hydrogens (tertiary/aromatic N) is 1. The van der Waals surface area contributed by atoms with Gasteiger partial charge < -0.3 is 10.0 Å². The maximum Gasteiger partial charge on any atom is 0.0540 e. The summed E-state index contributed by atoms with van der Waals surface area (Å²) in [4.78, 5) is 2.39. The Kier molecular flexibility index (Phi) is 5.22. The first-order chi connectivity index (χ1) is 8.63. The van der Waals surface area contributed by atoms with Crippen LogP contribution in [-0.4, -0.2) is 29.7 Å². The van der Waals surface area contributed by atoms with E-state index in [1.54, 1.807) is 0 Å². The molecule has 1 saturated carbocycles. The van der Waals surface area contributed by atoms with Gasteiger partial charge in [-0.25, -0.2) is 0 Å². The van der Waals surface area contributed by atoms with E-state index in [1.807, 2.05) is 0 Å². The Morgan fingerprint density at radius 2 is 2.00 bits per heavy atom. The molecule has 0 amide bonds. The molecule has 1 N–H and O–H groups in total. The number of aliphatic hydroxyl groups is 1. The lowest BCUT2D eigenvalue weighted by molar-refractivity contribution is 0.0968. The molecule has 2 rings (SSSR count). The van der Waals surface area contributed by atoms with E-state index >= 15 is 0 Å². The van der Waals surface area contributed by atoms with Crippen LogP contribution in [-0.2, 0) is 6.54 Å². The fraction of sp³-hybridized carbons (Fsp3) is 0.600. The maximum atomic E-state index is 9.51. The summed E-state index contributed by atoms with van der Waals surface area (Å²) >= 11 is 3.51. The second-order valence-electron chi connectivity index (χ2n) is 5.50. The second-order valence-corrected chi connectivity index (χ2v) is 6.42. The van der Waals surface area contributed by atoms with E-state index in [1.165, 1.54) is 18.4 Å². The molecule has 1 aliphatic carbocycles. The molecule has 0 bridgehead atoms. The van der Waals surface area contributed by atoms with Gasteiger partial charge in [0.25, 0.3) is 0 Å². The molecule has 0 unspecified atom stereocenters. The third-order valence-electron chi connectivity index (χ3n) is 3.73. The molecule has 0 heterocycles. The number of hydrogen-bond acceptors (Lipinski definition) is 2. The lowest BCUT2D eigenvalue weighted by atomic mass is 9.87. The van der Waals surface area contributed by atoms with Crippen molar-refractivity contribution in [3.63, 3.8) is 0 Å². The predicted molar refractivity (Wildman–Crippen MR) is 78.4 cm³/mol. The molecule has 0 saturated heterocycles. The standard InChI is InChI=1S/C15H22BrNO/c1-17(10-12-5-7-15(18)8-6-12)11-13-3-2-4-14(16)9-13/h2-4,9,12,15,18H,5-8,10-11H2,1H3. The first-order valence-electron chi connectivity index (χ1n) is 6.74. The highest BCUT2D eigenvalue weighted by atomic mass is 79.9. The van der Waals surface area contributed by atoms with Crippen molar-refractivity contribution < 1.29 is 5.11 Å². The van der Waals surface area contributed by atoms with Gasteiger partial charge in [0.15, 0.2) is 0 Å². The normalized spacial score (nSPS) is 24.4. The summed E-state index contributed by atoms with van der Waals surface area (Å²) in [6.07, 6.45) is 4.26. The van der Waals surface area contributed by atoms with E-state index in [4.69, 9.17) is 0 Å². The smallest absolute Gasteiger partial charge is 0.0540 e. The van der Waals surface area contributed by atoms with Crippen LogP contribution in [0.5, 0.6) is 0 Å². The average Bonchev–Trinajstić information content (AvgIpc) is 2.32. The molecule has 0 spiro atoms. The molecule has 1 aliphatic rings. The fourth-order valence-corrected chi connectivity index (χ4v) is 3.23. The zero-order chi connectivity index (χ0) is 13.0. The molecule has 0 radical (unpaired) electrons. The van der Waals surface area contributed by atoms with Crippen molar-refractivity contribution in [1.29, 1.82) is 0 Å². The first-order valence-corrected chi connectivity index (χ1v) is 7.54. The molecule has 3 heteroatoms. The lowest BCUT2D eigenvalue weighted by Gasteiger charge is -2.29. The molecular formula is C15H22BrNO. The average molecular weight is 312 g/mol. The van der Waals surface area contributed by atoms with Gasteiger partial charge in [-0.15, -0.1) is 0 Å². The third-order valence-corrected chi connectivity index (χ3v) is 4.22. The van der Waals surface area contributed by atoms with Crippen LogP contribution in [0.2, 0.25) is 0 Å².